The lowest BCUT2D eigenvalue weighted by atomic mass is 10.0. The highest BCUT2D eigenvalue weighted by Gasteiger charge is 2.21. The summed E-state index contributed by atoms with van der Waals surface area (Å²) < 4.78 is 58.5. The summed E-state index contributed by atoms with van der Waals surface area (Å²) in [5.74, 6) is -3.18. The molecule has 0 aliphatic rings. The van der Waals surface area contributed by atoms with Crippen LogP contribution in [0, 0.1) is 30.2 Å². The zero-order chi connectivity index (χ0) is 22.5. The molecule has 0 radical (unpaired) electrons. The number of halogens is 4. The molecule has 0 fully saturated rings. The first-order chi connectivity index (χ1) is 14.8. The quantitative estimate of drug-likeness (QED) is 0.240. The Balaban J connectivity index is 1.97. The van der Waals surface area contributed by atoms with Crippen LogP contribution in [0.2, 0.25) is 0 Å². The van der Waals surface area contributed by atoms with Crippen LogP contribution in [0.3, 0.4) is 0 Å². The van der Waals surface area contributed by atoms with Crippen molar-refractivity contribution >= 4 is 29.4 Å². The van der Waals surface area contributed by atoms with E-state index in [1.165, 1.54) is 36.2 Å². The topological polar surface area (TPSA) is 42.0 Å². The van der Waals surface area contributed by atoms with Crippen LogP contribution in [0.1, 0.15) is 40.4 Å². The second-order valence-electron chi connectivity index (χ2n) is 6.97. The molecule has 0 aliphatic heterocycles. The Kier molecular flexibility index (Phi) is 7.33. The van der Waals surface area contributed by atoms with Crippen molar-refractivity contribution in [2.75, 3.05) is 11.1 Å². The number of carbonyl (C=O) groups excluding carboxylic acids is 1. The Labute approximate surface area is 181 Å². The predicted molar refractivity (Wildman–Crippen MR) is 114 cm³/mol. The van der Waals surface area contributed by atoms with Crippen LogP contribution >= 0.6 is 11.8 Å². The predicted octanol–water partition coefficient (Wildman–Crippen LogP) is 6.60. The van der Waals surface area contributed by atoms with Crippen molar-refractivity contribution in [2.24, 2.45) is 0 Å². The van der Waals surface area contributed by atoms with Gasteiger partial charge in [-0.1, -0.05) is 13.0 Å². The third-order valence-corrected chi connectivity index (χ3v) is 5.76. The molecule has 0 unspecified atom stereocenters. The van der Waals surface area contributed by atoms with E-state index in [9.17, 15) is 22.4 Å². The van der Waals surface area contributed by atoms with Crippen molar-refractivity contribution in [1.29, 1.82) is 0 Å². The number of nitrogens with one attached hydrogen (secondary N) is 1. The van der Waals surface area contributed by atoms with Crippen LogP contribution in [0.25, 0.3) is 0 Å². The minimum Gasteiger partial charge on any atom is -0.350 e. The van der Waals surface area contributed by atoms with E-state index in [1.807, 2.05) is 6.92 Å². The number of benzene rings is 2. The van der Waals surface area contributed by atoms with E-state index in [1.54, 1.807) is 13.0 Å². The van der Waals surface area contributed by atoms with Crippen molar-refractivity contribution in [2.45, 2.75) is 31.7 Å². The molecule has 3 aromatic rings. The van der Waals surface area contributed by atoms with Gasteiger partial charge in [0, 0.05) is 18.2 Å². The summed E-state index contributed by atoms with van der Waals surface area (Å²) >= 11 is 1.24. The number of aromatic nitrogens is 1. The zero-order valence-electron chi connectivity index (χ0n) is 16.9. The second-order valence-corrected chi connectivity index (χ2v) is 8.05. The molecule has 1 heterocycles. The van der Waals surface area contributed by atoms with Crippen LogP contribution < -0.4 is 5.32 Å². The highest BCUT2D eigenvalue weighted by Crippen LogP contribution is 2.31. The number of pyridine rings is 1. The lowest BCUT2D eigenvalue weighted by Gasteiger charge is -2.15. The maximum Gasteiger partial charge on any atom is 0.183 e. The first kappa shape index (κ1) is 22.8. The molecular weight excluding hydrogens is 428 g/mol. The smallest absolute Gasteiger partial charge is 0.183 e. The van der Waals surface area contributed by atoms with Crippen molar-refractivity contribution in [3.8, 4) is 0 Å². The summed E-state index contributed by atoms with van der Waals surface area (Å²) in [6.07, 6.45) is 2.30. The molecule has 2 aromatic carbocycles. The molecule has 0 bridgehead atoms. The minimum absolute atomic E-state index is 0.0995. The maximum absolute atomic E-state index is 14.8. The monoisotopic (exact) mass is 448 g/mol. The fourth-order valence-electron chi connectivity index (χ4n) is 3.01. The van der Waals surface area contributed by atoms with Gasteiger partial charge >= 0.3 is 0 Å². The number of thioether (sulfide) groups is 1. The number of anilines is 2. The number of aldehydes is 1. The van der Waals surface area contributed by atoms with Gasteiger partial charge in [-0.05, 0) is 60.1 Å². The molecule has 0 saturated heterocycles. The summed E-state index contributed by atoms with van der Waals surface area (Å²) in [7, 11) is 0. The van der Waals surface area contributed by atoms with Gasteiger partial charge in [0.1, 0.15) is 10.8 Å². The molecule has 0 atom stereocenters. The molecular formula is C23H20F4N2OS. The number of carbonyl (C=O) groups is 1. The van der Waals surface area contributed by atoms with Crippen LogP contribution in [0.15, 0.2) is 41.6 Å². The number of aryl methyl sites for hydroxylation is 1. The average molecular weight is 448 g/mol. The van der Waals surface area contributed by atoms with Crippen molar-refractivity contribution in [3.63, 3.8) is 0 Å². The van der Waals surface area contributed by atoms with Crippen molar-refractivity contribution in [1.82, 2.24) is 4.98 Å². The van der Waals surface area contributed by atoms with Crippen LogP contribution in [0.5, 0.6) is 0 Å². The third kappa shape index (κ3) is 5.07. The molecule has 3 rings (SSSR count). The van der Waals surface area contributed by atoms with E-state index in [2.05, 4.69) is 10.3 Å². The van der Waals surface area contributed by atoms with Crippen LogP contribution in [-0.2, 0) is 6.42 Å². The largest absolute Gasteiger partial charge is 0.350 e. The Bertz CT molecular complexity index is 1120. The first-order valence-electron chi connectivity index (χ1n) is 9.61. The summed E-state index contributed by atoms with van der Waals surface area (Å²) in [6.45, 7) is 3.63. The molecule has 1 N–H and O–H groups in total. The summed E-state index contributed by atoms with van der Waals surface area (Å²) in [4.78, 5) is 15.5. The molecule has 0 amide bonds. The molecule has 162 valence electrons. The van der Waals surface area contributed by atoms with E-state index >= 15 is 0 Å². The zero-order valence-corrected chi connectivity index (χ0v) is 17.8. The van der Waals surface area contributed by atoms with E-state index in [0.717, 1.165) is 12.5 Å². The SMILES string of the molecule is CCCSc1nccc(Cc2cc(C=O)c(Nc3ccc(C)cc3F)c(F)c2F)c1F. The van der Waals surface area contributed by atoms with Gasteiger partial charge in [0.05, 0.1) is 11.4 Å². The first-order valence-corrected chi connectivity index (χ1v) is 10.6. The van der Waals surface area contributed by atoms with E-state index in [-0.39, 0.29) is 33.8 Å². The third-order valence-electron chi connectivity index (χ3n) is 4.58. The Morgan fingerprint density at radius 1 is 1.03 bits per heavy atom. The molecule has 0 saturated carbocycles. The van der Waals surface area contributed by atoms with Gasteiger partial charge in [-0.3, -0.25) is 4.79 Å². The number of hydrogen-bond acceptors (Lipinski definition) is 4. The fourth-order valence-corrected chi connectivity index (χ4v) is 3.80. The fraction of sp³-hybridized carbons (Fsp3) is 0.217. The number of nitrogens with zero attached hydrogens (tertiary/aromatic N) is 1. The molecule has 31 heavy (non-hydrogen) atoms. The van der Waals surface area contributed by atoms with E-state index in [4.69, 9.17) is 0 Å². The Morgan fingerprint density at radius 3 is 2.48 bits per heavy atom. The van der Waals surface area contributed by atoms with Crippen LogP contribution in [0.4, 0.5) is 28.9 Å². The highest BCUT2D eigenvalue weighted by molar-refractivity contribution is 7.99. The Morgan fingerprint density at radius 2 is 1.81 bits per heavy atom. The van der Waals surface area contributed by atoms with Crippen molar-refractivity contribution < 1.29 is 22.4 Å². The lowest BCUT2D eigenvalue weighted by Crippen LogP contribution is -2.07. The molecule has 3 nitrogen and oxygen atoms in total. The lowest BCUT2D eigenvalue weighted by molar-refractivity contribution is 0.112. The maximum atomic E-state index is 14.8. The van der Waals surface area contributed by atoms with E-state index < -0.39 is 29.0 Å². The normalized spacial score (nSPS) is 10.9. The van der Waals surface area contributed by atoms with Gasteiger partial charge < -0.3 is 5.32 Å². The second kappa shape index (κ2) is 9.96. The molecule has 0 aliphatic carbocycles. The van der Waals surface area contributed by atoms with Gasteiger partial charge in [-0.25, -0.2) is 22.5 Å². The average Bonchev–Trinajstić information content (AvgIpc) is 2.75. The summed E-state index contributed by atoms with van der Waals surface area (Å²) in [5, 5.41) is 2.64. The van der Waals surface area contributed by atoms with Gasteiger partial charge in [0.15, 0.2) is 23.7 Å². The summed E-state index contributed by atoms with van der Waals surface area (Å²) in [5.41, 5.74) is -0.188. The van der Waals surface area contributed by atoms with Gasteiger partial charge in [-0.15, -0.1) is 11.8 Å². The van der Waals surface area contributed by atoms with Gasteiger partial charge in [-0.2, -0.15) is 0 Å². The van der Waals surface area contributed by atoms with Gasteiger partial charge in [0.25, 0.3) is 0 Å². The standard InChI is InChI=1S/C23H20F4N2OS/c1-3-8-31-23-20(26)14(6-7-28-23)10-15-11-16(12-30)22(21(27)19(15)25)29-18-5-4-13(2)9-17(18)24/h4-7,9,11-12,29H,3,8,10H2,1-2H3. The molecule has 8 heteroatoms. The molecule has 1 aromatic heterocycles. The van der Waals surface area contributed by atoms with Gasteiger partial charge in [0.2, 0.25) is 0 Å². The van der Waals surface area contributed by atoms with Crippen LogP contribution in [-0.4, -0.2) is 17.0 Å². The minimum atomic E-state index is -1.34. The highest BCUT2D eigenvalue weighted by atomic mass is 32.2. The summed E-state index contributed by atoms with van der Waals surface area (Å²) in [6, 6.07) is 6.71. The number of hydrogen-bond donors (Lipinski definition) is 1. The van der Waals surface area contributed by atoms with E-state index in [0.29, 0.717) is 17.6 Å². The Hall–Kier alpha value is -2.87. The molecule has 0 spiro atoms. The van der Waals surface area contributed by atoms with Crippen molar-refractivity contribution in [3.05, 3.63) is 82.1 Å². The number of rotatable bonds is 8.